The van der Waals surface area contributed by atoms with Crippen LogP contribution in [0.5, 0.6) is 0 Å². The van der Waals surface area contributed by atoms with Crippen LogP contribution >= 0.6 is 0 Å². The highest BCUT2D eigenvalue weighted by Crippen LogP contribution is 2.28. The van der Waals surface area contributed by atoms with E-state index in [0.717, 1.165) is 23.2 Å². The van der Waals surface area contributed by atoms with E-state index in [1.165, 1.54) is 11.1 Å². The Morgan fingerprint density at radius 2 is 2.00 bits per heavy atom. The van der Waals surface area contributed by atoms with E-state index in [-0.39, 0.29) is 0 Å². The maximum atomic E-state index is 5.73. The summed E-state index contributed by atoms with van der Waals surface area (Å²) in [5, 5.41) is 4.03. The van der Waals surface area contributed by atoms with Crippen LogP contribution in [-0.2, 0) is 6.42 Å². The van der Waals surface area contributed by atoms with Gasteiger partial charge in [0.1, 0.15) is 5.69 Å². The maximum Gasteiger partial charge on any atom is 0.225 e. The first-order valence-electron chi connectivity index (χ1n) is 5.45. The summed E-state index contributed by atoms with van der Waals surface area (Å²) < 4.78 is 5.04. The number of hydrogen-bond acceptors (Lipinski definition) is 3. The predicted molar refractivity (Wildman–Crippen MR) is 65.2 cm³/mol. The molecule has 1 heterocycles. The summed E-state index contributed by atoms with van der Waals surface area (Å²) >= 11 is 0. The zero-order valence-corrected chi connectivity index (χ0v) is 9.87. The van der Waals surface area contributed by atoms with Crippen molar-refractivity contribution in [3.05, 3.63) is 34.9 Å². The van der Waals surface area contributed by atoms with Crippen molar-refractivity contribution in [2.24, 2.45) is 0 Å². The van der Waals surface area contributed by atoms with Crippen LogP contribution in [0.2, 0.25) is 0 Å². The molecule has 0 aliphatic heterocycles. The number of aryl methyl sites for hydroxylation is 2. The summed E-state index contributed by atoms with van der Waals surface area (Å²) in [6.45, 7) is 6.23. The normalized spacial score (nSPS) is 10.7. The number of hydrogen-bond donors (Lipinski definition) is 1. The Bertz CT molecular complexity index is 515. The predicted octanol–water partition coefficient (Wildman–Crippen LogP) is 3.10. The smallest absolute Gasteiger partial charge is 0.225 e. The summed E-state index contributed by atoms with van der Waals surface area (Å²) in [7, 11) is 0. The van der Waals surface area contributed by atoms with Gasteiger partial charge in [-0.05, 0) is 37.5 Å². The number of rotatable bonds is 2. The van der Waals surface area contributed by atoms with Crippen LogP contribution in [-0.4, -0.2) is 5.16 Å². The van der Waals surface area contributed by atoms with Crippen molar-refractivity contribution in [1.82, 2.24) is 5.16 Å². The Morgan fingerprint density at radius 3 is 2.62 bits per heavy atom. The topological polar surface area (TPSA) is 52.0 Å². The molecule has 84 valence electrons. The minimum Gasteiger partial charge on any atom is -0.367 e. The minimum atomic E-state index is 0.427. The van der Waals surface area contributed by atoms with Gasteiger partial charge in [0.25, 0.3) is 0 Å². The van der Waals surface area contributed by atoms with Gasteiger partial charge in [0.2, 0.25) is 5.88 Å². The molecule has 3 heteroatoms. The Hall–Kier alpha value is -1.77. The van der Waals surface area contributed by atoms with Crippen LogP contribution < -0.4 is 5.73 Å². The molecule has 0 amide bonds. The Labute approximate surface area is 95.3 Å². The van der Waals surface area contributed by atoms with Gasteiger partial charge in [-0.1, -0.05) is 24.2 Å². The van der Waals surface area contributed by atoms with Crippen LogP contribution in [0.1, 0.15) is 23.6 Å². The second-order valence-corrected chi connectivity index (χ2v) is 4.03. The molecule has 0 fully saturated rings. The third-order valence-corrected chi connectivity index (χ3v) is 2.95. The molecule has 0 radical (unpaired) electrons. The summed E-state index contributed by atoms with van der Waals surface area (Å²) in [5.74, 6) is 0.427. The molecule has 0 aliphatic rings. The molecule has 2 N–H and O–H groups in total. The zero-order chi connectivity index (χ0) is 11.7. The largest absolute Gasteiger partial charge is 0.367 e. The van der Waals surface area contributed by atoms with E-state index < -0.39 is 0 Å². The Balaban J connectivity index is 2.54. The highest BCUT2D eigenvalue weighted by Gasteiger charge is 2.13. The lowest BCUT2D eigenvalue weighted by Gasteiger charge is -2.03. The van der Waals surface area contributed by atoms with Gasteiger partial charge >= 0.3 is 0 Å². The van der Waals surface area contributed by atoms with Gasteiger partial charge in [0, 0.05) is 11.1 Å². The van der Waals surface area contributed by atoms with E-state index >= 15 is 0 Å². The lowest BCUT2D eigenvalue weighted by atomic mass is 10.0. The molecular formula is C13H16N2O. The Kier molecular flexibility index (Phi) is 2.69. The van der Waals surface area contributed by atoms with Gasteiger partial charge in [-0.15, -0.1) is 0 Å². The number of nitrogens with two attached hydrogens (primary N) is 1. The highest BCUT2D eigenvalue weighted by molar-refractivity contribution is 5.67. The summed E-state index contributed by atoms with van der Waals surface area (Å²) in [5.41, 5.74) is 11.2. The van der Waals surface area contributed by atoms with E-state index in [1.807, 2.05) is 6.92 Å². The molecular weight excluding hydrogens is 200 g/mol. The van der Waals surface area contributed by atoms with Gasteiger partial charge in [0.05, 0.1) is 0 Å². The van der Waals surface area contributed by atoms with Crippen LogP contribution in [0.25, 0.3) is 11.3 Å². The molecule has 0 aliphatic carbocycles. The number of benzene rings is 1. The molecule has 1 aromatic carbocycles. The molecule has 3 nitrogen and oxygen atoms in total. The third kappa shape index (κ3) is 1.69. The quantitative estimate of drug-likeness (QED) is 0.839. The second kappa shape index (κ2) is 4.00. The molecule has 2 rings (SSSR count). The van der Waals surface area contributed by atoms with E-state index in [2.05, 4.69) is 37.2 Å². The number of nitrogens with zero attached hydrogens (tertiary/aromatic N) is 1. The van der Waals surface area contributed by atoms with Crippen LogP contribution in [0.15, 0.2) is 22.7 Å². The molecule has 0 atom stereocenters. The summed E-state index contributed by atoms with van der Waals surface area (Å²) in [6.07, 6.45) is 0.831. The Morgan fingerprint density at radius 1 is 1.25 bits per heavy atom. The highest BCUT2D eigenvalue weighted by atomic mass is 16.5. The van der Waals surface area contributed by atoms with Gasteiger partial charge in [-0.25, -0.2) is 0 Å². The maximum absolute atomic E-state index is 5.73. The fraction of sp³-hybridized carbons (Fsp3) is 0.308. The first kappa shape index (κ1) is 10.7. The molecule has 0 saturated carbocycles. The summed E-state index contributed by atoms with van der Waals surface area (Å²) in [6, 6.07) is 6.26. The molecule has 0 saturated heterocycles. The minimum absolute atomic E-state index is 0.427. The summed E-state index contributed by atoms with van der Waals surface area (Å²) in [4.78, 5) is 0. The van der Waals surface area contributed by atoms with E-state index in [4.69, 9.17) is 10.3 Å². The third-order valence-electron chi connectivity index (χ3n) is 2.95. The van der Waals surface area contributed by atoms with Crippen LogP contribution in [0.4, 0.5) is 5.88 Å². The number of aromatic nitrogens is 1. The van der Waals surface area contributed by atoms with Crippen molar-refractivity contribution >= 4 is 5.88 Å². The first-order chi connectivity index (χ1) is 7.63. The lowest BCUT2D eigenvalue weighted by molar-refractivity contribution is 0.438. The molecule has 1 aromatic heterocycles. The first-order valence-corrected chi connectivity index (χ1v) is 5.45. The molecule has 16 heavy (non-hydrogen) atoms. The van der Waals surface area contributed by atoms with Crippen molar-refractivity contribution in [3.63, 3.8) is 0 Å². The lowest BCUT2D eigenvalue weighted by Crippen LogP contribution is -1.91. The van der Waals surface area contributed by atoms with Crippen molar-refractivity contribution < 1.29 is 4.52 Å². The standard InChI is InChI=1S/C13H16N2O/c1-4-11-12(15-16-13(11)14)10-6-5-8(2)9(3)7-10/h5-7H,4,14H2,1-3H3. The fourth-order valence-electron chi connectivity index (χ4n) is 1.78. The number of anilines is 1. The van der Waals surface area contributed by atoms with Crippen LogP contribution in [0, 0.1) is 13.8 Å². The SMILES string of the molecule is CCc1c(-c2ccc(C)c(C)c2)noc1N. The molecule has 0 spiro atoms. The van der Waals surface area contributed by atoms with Crippen molar-refractivity contribution in [3.8, 4) is 11.3 Å². The van der Waals surface area contributed by atoms with E-state index in [9.17, 15) is 0 Å². The molecule has 0 unspecified atom stereocenters. The zero-order valence-electron chi connectivity index (χ0n) is 9.87. The van der Waals surface area contributed by atoms with Crippen molar-refractivity contribution in [2.45, 2.75) is 27.2 Å². The average Bonchev–Trinajstić information content (AvgIpc) is 2.63. The van der Waals surface area contributed by atoms with Gasteiger partial charge in [-0.2, -0.15) is 0 Å². The van der Waals surface area contributed by atoms with E-state index in [1.54, 1.807) is 0 Å². The monoisotopic (exact) mass is 216 g/mol. The average molecular weight is 216 g/mol. The van der Waals surface area contributed by atoms with Crippen LogP contribution in [0.3, 0.4) is 0 Å². The fourth-order valence-corrected chi connectivity index (χ4v) is 1.78. The molecule has 2 aromatic rings. The second-order valence-electron chi connectivity index (χ2n) is 4.03. The molecule has 0 bridgehead atoms. The van der Waals surface area contributed by atoms with Gasteiger partial charge < -0.3 is 10.3 Å². The van der Waals surface area contributed by atoms with Gasteiger partial charge in [-0.3, -0.25) is 0 Å². The number of nitrogen functional groups attached to an aromatic ring is 1. The van der Waals surface area contributed by atoms with Crippen molar-refractivity contribution in [2.75, 3.05) is 5.73 Å². The van der Waals surface area contributed by atoms with E-state index in [0.29, 0.717) is 5.88 Å². The van der Waals surface area contributed by atoms with Gasteiger partial charge in [0.15, 0.2) is 0 Å². The van der Waals surface area contributed by atoms with Crippen molar-refractivity contribution in [1.29, 1.82) is 0 Å².